The van der Waals surface area contributed by atoms with Crippen LogP contribution in [0.5, 0.6) is 5.75 Å². The van der Waals surface area contributed by atoms with Gasteiger partial charge in [-0.25, -0.2) is 8.42 Å². The molecule has 0 aromatic heterocycles. The number of ether oxygens (including phenoxy) is 1. The van der Waals surface area contributed by atoms with E-state index >= 15 is 0 Å². The fourth-order valence-corrected chi connectivity index (χ4v) is 4.27. The standard InChI is InChI=1S/C23H24N2O4S/c1-17-9-7-10-18(2)23(17)29-16-22(26)24-19-11-8-14-21(15-19)30(27,28)25(3)20-12-5-4-6-13-20/h4-15H,16H2,1-3H3,(H,24,26). The minimum Gasteiger partial charge on any atom is -0.483 e. The monoisotopic (exact) mass is 424 g/mol. The Hall–Kier alpha value is -3.32. The third-order valence-corrected chi connectivity index (χ3v) is 6.43. The van der Waals surface area contributed by atoms with Crippen LogP contribution in [0.15, 0.2) is 77.7 Å². The van der Waals surface area contributed by atoms with Crippen molar-refractivity contribution in [2.24, 2.45) is 0 Å². The van der Waals surface area contributed by atoms with E-state index in [1.807, 2.05) is 38.1 Å². The van der Waals surface area contributed by atoms with E-state index in [1.54, 1.807) is 36.4 Å². The molecule has 7 heteroatoms. The van der Waals surface area contributed by atoms with Crippen molar-refractivity contribution in [3.05, 3.63) is 83.9 Å². The van der Waals surface area contributed by atoms with E-state index in [0.29, 0.717) is 17.1 Å². The van der Waals surface area contributed by atoms with Gasteiger partial charge < -0.3 is 10.1 Å². The number of amides is 1. The number of para-hydroxylation sites is 2. The van der Waals surface area contributed by atoms with Crippen LogP contribution in [-0.2, 0) is 14.8 Å². The van der Waals surface area contributed by atoms with Gasteiger partial charge in [0.05, 0.1) is 10.6 Å². The highest BCUT2D eigenvalue weighted by molar-refractivity contribution is 7.92. The molecule has 3 aromatic rings. The number of carbonyl (C=O) groups is 1. The topological polar surface area (TPSA) is 75.7 Å². The van der Waals surface area contributed by atoms with E-state index < -0.39 is 10.0 Å². The molecule has 3 rings (SSSR count). The summed E-state index contributed by atoms with van der Waals surface area (Å²) < 4.78 is 32.8. The van der Waals surface area contributed by atoms with Crippen molar-refractivity contribution in [3.8, 4) is 5.75 Å². The molecule has 1 N–H and O–H groups in total. The van der Waals surface area contributed by atoms with Gasteiger partial charge in [-0.2, -0.15) is 0 Å². The van der Waals surface area contributed by atoms with Crippen molar-refractivity contribution >= 4 is 27.3 Å². The molecule has 30 heavy (non-hydrogen) atoms. The molecule has 0 heterocycles. The largest absolute Gasteiger partial charge is 0.483 e. The Bertz CT molecular complexity index is 1120. The SMILES string of the molecule is Cc1cccc(C)c1OCC(=O)Nc1cccc(S(=O)(=O)N(C)c2ccccc2)c1. The molecule has 0 saturated carbocycles. The van der Waals surface area contributed by atoms with Crippen LogP contribution in [0, 0.1) is 13.8 Å². The second-order valence-corrected chi connectivity index (χ2v) is 8.86. The van der Waals surface area contributed by atoms with Gasteiger partial charge in [0.15, 0.2) is 6.61 Å². The van der Waals surface area contributed by atoms with Gasteiger partial charge in [-0.1, -0.05) is 42.5 Å². The van der Waals surface area contributed by atoms with Gasteiger partial charge in [0.1, 0.15) is 5.75 Å². The van der Waals surface area contributed by atoms with E-state index in [2.05, 4.69) is 5.32 Å². The van der Waals surface area contributed by atoms with Crippen molar-refractivity contribution in [3.63, 3.8) is 0 Å². The van der Waals surface area contributed by atoms with Gasteiger partial charge in [0.2, 0.25) is 0 Å². The molecule has 0 spiro atoms. The Morgan fingerprint density at radius 1 is 0.933 bits per heavy atom. The van der Waals surface area contributed by atoms with Crippen LogP contribution in [0.1, 0.15) is 11.1 Å². The molecular formula is C23H24N2O4S. The second-order valence-electron chi connectivity index (χ2n) is 6.89. The number of anilines is 2. The van der Waals surface area contributed by atoms with Crippen LogP contribution in [0.2, 0.25) is 0 Å². The minimum absolute atomic E-state index is 0.0855. The Morgan fingerprint density at radius 3 is 2.23 bits per heavy atom. The third kappa shape index (κ3) is 4.80. The smallest absolute Gasteiger partial charge is 0.264 e. The summed E-state index contributed by atoms with van der Waals surface area (Å²) in [4.78, 5) is 12.4. The zero-order valence-corrected chi connectivity index (χ0v) is 17.9. The summed E-state index contributed by atoms with van der Waals surface area (Å²) in [6.45, 7) is 3.65. The van der Waals surface area contributed by atoms with Gasteiger partial charge >= 0.3 is 0 Å². The van der Waals surface area contributed by atoms with E-state index in [0.717, 1.165) is 11.1 Å². The van der Waals surface area contributed by atoms with Crippen molar-refractivity contribution in [1.29, 1.82) is 0 Å². The molecule has 6 nitrogen and oxygen atoms in total. The molecule has 1 amide bonds. The number of nitrogens with one attached hydrogen (secondary N) is 1. The molecule has 0 unspecified atom stereocenters. The Morgan fingerprint density at radius 2 is 1.57 bits per heavy atom. The lowest BCUT2D eigenvalue weighted by atomic mass is 10.1. The summed E-state index contributed by atoms with van der Waals surface area (Å²) in [6, 6.07) is 20.7. The number of aryl methyl sites for hydroxylation is 2. The lowest BCUT2D eigenvalue weighted by Gasteiger charge is -2.20. The van der Waals surface area contributed by atoms with Crippen LogP contribution < -0.4 is 14.4 Å². The zero-order chi connectivity index (χ0) is 21.7. The van der Waals surface area contributed by atoms with E-state index in [9.17, 15) is 13.2 Å². The molecule has 0 aliphatic rings. The molecule has 0 fully saturated rings. The van der Waals surface area contributed by atoms with Gasteiger partial charge in [-0.05, 0) is 55.3 Å². The van der Waals surface area contributed by atoms with Gasteiger partial charge in [-0.15, -0.1) is 0 Å². The average Bonchev–Trinajstić information content (AvgIpc) is 2.73. The maximum absolute atomic E-state index is 12.9. The third-order valence-electron chi connectivity index (χ3n) is 4.65. The van der Waals surface area contributed by atoms with Crippen LogP contribution in [0.3, 0.4) is 0 Å². The first kappa shape index (κ1) is 21.4. The van der Waals surface area contributed by atoms with Gasteiger partial charge in [-0.3, -0.25) is 9.10 Å². The highest BCUT2D eigenvalue weighted by Crippen LogP contribution is 2.24. The van der Waals surface area contributed by atoms with E-state index in [1.165, 1.54) is 23.5 Å². The summed E-state index contributed by atoms with van der Waals surface area (Å²) in [5.41, 5.74) is 2.82. The minimum atomic E-state index is -3.77. The Labute approximate surface area is 177 Å². The molecule has 0 aliphatic carbocycles. The summed E-state index contributed by atoms with van der Waals surface area (Å²) >= 11 is 0. The summed E-state index contributed by atoms with van der Waals surface area (Å²) in [7, 11) is -2.27. The Kier molecular flexibility index (Phi) is 6.42. The van der Waals surface area contributed by atoms with Crippen molar-refractivity contribution < 1.29 is 17.9 Å². The number of rotatable bonds is 7. The number of hydrogen-bond acceptors (Lipinski definition) is 4. The molecule has 0 radical (unpaired) electrons. The van der Waals surface area contributed by atoms with Gasteiger partial charge in [0.25, 0.3) is 15.9 Å². The molecule has 3 aromatic carbocycles. The fraction of sp³-hybridized carbons (Fsp3) is 0.174. The van der Waals surface area contributed by atoms with Crippen molar-refractivity contribution in [1.82, 2.24) is 0 Å². The highest BCUT2D eigenvalue weighted by Gasteiger charge is 2.21. The number of hydrogen-bond donors (Lipinski definition) is 1. The number of carbonyl (C=O) groups excluding carboxylic acids is 1. The summed E-state index contributed by atoms with van der Waals surface area (Å²) in [6.07, 6.45) is 0. The predicted molar refractivity (Wildman–Crippen MR) is 119 cm³/mol. The quantitative estimate of drug-likeness (QED) is 0.618. The molecule has 0 aliphatic heterocycles. The van der Waals surface area contributed by atoms with Crippen molar-refractivity contribution in [2.75, 3.05) is 23.3 Å². The Balaban J connectivity index is 1.71. The van der Waals surface area contributed by atoms with Crippen LogP contribution in [0.25, 0.3) is 0 Å². The summed E-state index contributed by atoms with van der Waals surface area (Å²) in [5, 5.41) is 2.70. The first-order valence-corrected chi connectivity index (χ1v) is 10.9. The predicted octanol–water partition coefficient (Wildman–Crippen LogP) is 4.15. The normalized spacial score (nSPS) is 11.0. The van der Waals surface area contributed by atoms with Crippen LogP contribution >= 0.6 is 0 Å². The molecule has 156 valence electrons. The van der Waals surface area contributed by atoms with E-state index in [4.69, 9.17) is 4.74 Å². The average molecular weight is 425 g/mol. The first-order chi connectivity index (χ1) is 14.3. The molecule has 0 atom stereocenters. The zero-order valence-electron chi connectivity index (χ0n) is 17.1. The fourth-order valence-electron chi connectivity index (χ4n) is 3.03. The van der Waals surface area contributed by atoms with Gasteiger partial charge in [0, 0.05) is 12.7 Å². The molecular weight excluding hydrogens is 400 g/mol. The van der Waals surface area contributed by atoms with Crippen LogP contribution in [0.4, 0.5) is 11.4 Å². The first-order valence-electron chi connectivity index (χ1n) is 9.42. The maximum Gasteiger partial charge on any atom is 0.264 e. The second kappa shape index (κ2) is 9.00. The lowest BCUT2D eigenvalue weighted by Crippen LogP contribution is -2.26. The van der Waals surface area contributed by atoms with Crippen molar-refractivity contribution in [2.45, 2.75) is 18.7 Å². The number of nitrogens with zero attached hydrogens (tertiary/aromatic N) is 1. The van der Waals surface area contributed by atoms with Crippen LogP contribution in [-0.4, -0.2) is 28.0 Å². The number of benzene rings is 3. The lowest BCUT2D eigenvalue weighted by molar-refractivity contribution is -0.118. The molecule has 0 saturated heterocycles. The summed E-state index contributed by atoms with van der Waals surface area (Å²) in [5.74, 6) is 0.303. The highest BCUT2D eigenvalue weighted by atomic mass is 32.2. The van der Waals surface area contributed by atoms with E-state index in [-0.39, 0.29) is 17.4 Å². The number of sulfonamides is 1. The maximum atomic E-state index is 12.9. The molecule has 0 bridgehead atoms.